The number of nitrogens with zero attached hydrogens (tertiary/aromatic N) is 5. The fourth-order valence-electron chi connectivity index (χ4n) is 2.32. The minimum absolute atomic E-state index is 0.471. The molecular weight excluding hydrogens is 280 g/mol. The van der Waals surface area contributed by atoms with E-state index in [9.17, 15) is 4.79 Å². The molecule has 1 aromatic heterocycles. The van der Waals surface area contributed by atoms with E-state index in [1.165, 1.54) is 5.56 Å². The van der Waals surface area contributed by atoms with E-state index in [1.54, 1.807) is 11.1 Å². The van der Waals surface area contributed by atoms with Gasteiger partial charge in [-0.05, 0) is 19.1 Å². The molecule has 7 nitrogen and oxygen atoms in total. The number of carbonyl (C=O) groups excluding carboxylic acids is 1. The maximum absolute atomic E-state index is 10.7. The van der Waals surface area contributed by atoms with E-state index in [4.69, 9.17) is 0 Å². The first-order valence-electron chi connectivity index (χ1n) is 7.22. The molecule has 0 atom stereocenters. The van der Waals surface area contributed by atoms with E-state index >= 15 is 0 Å². The van der Waals surface area contributed by atoms with E-state index in [0.717, 1.165) is 31.0 Å². The van der Waals surface area contributed by atoms with E-state index in [-0.39, 0.29) is 0 Å². The van der Waals surface area contributed by atoms with Crippen LogP contribution in [0, 0.1) is 6.92 Å². The second-order valence-electron chi connectivity index (χ2n) is 5.26. The number of piperazine rings is 1. The molecule has 1 saturated heterocycles. The minimum atomic E-state index is 0.471. The van der Waals surface area contributed by atoms with Crippen LogP contribution in [0.5, 0.6) is 0 Å². The second kappa shape index (κ2) is 6.38. The third-order valence-electron chi connectivity index (χ3n) is 3.64. The molecular formula is C15H18N6O. The molecule has 3 rings (SSSR count). The van der Waals surface area contributed by atoms with Crippen LogP contribution in [0.3, 0.4) is 0 Å². The van der Waals surface area contributed by atoms with Crippen molar-refractivity contribution in [1.82, 2.24) is 20.1 Å². The van der Waals surface area contributed by atoms with Crippen molar-refractivity contribution in [2.24, 2.45) is 0 Å². The van der Waals surface area contributed by atoms with Crippen LogP contribution < -0.4 is 10.2 Å². The Labute approximate surface area is 129 Å². The largest absolute Gasteiger partial charge is 0.352 e. The molecule has 0 unspecified atom stereocenters. The summed E-state index contributed by atoms with van der Waals surface area (Å²) < 4.78 is 0. The lowest BCUT2D eigenvalue weighted by Crippen LogP contribution is -2.46. The van der Waals surface area contributed by atoms with Crippen molar-refractivity contribution >= 4 is 23.9 Å². The van der Waals surface area contributed by atoms with Gasteiger partial charge in [-0.25, -0.2) is 0 Å². The summed E-state index contributed by atoms with van der Waals surface area (Å²) in [6.45, 7) is 4.95. The van der Waals surface area contributed by atoms with Gasteiger partial charge in [-0.3, -0.25) is 4.79 Å². The molecule has 0 saturated carbocycles. The number of nitrogens with one attached hydrogen (secondary N) is 1. The van der Waals surface area contributed by atoms with Crippen LogP contribution in [0.2, 0.25) is 0 Å². The third-order valence-corrected chi connectivity index (χ3v) is 3.64. The van der Waals surface area contributed by atoms with Crippen LogP contribution in [-0.2, 0) is 4.79 Å². The normalized spacial score (nSPS) is 14.8. The summed E-state index contributed by atoms with van der Waals surface area (Å²) in [5.41, 5.74) is 2.13. The van der Waals surface area contributed by atoms with Gasteiger partial charge in [-0.1, -0.05) is 17.7 Å². The average molecular weight is 298 g/mol. The molecule has 0 radical (unpaired) electrons. The number of rotatable bonds is 4. The Bertz CT molecular complexity index is 637. The van der Waals surface area contributed by atoms with Crippen molar-refractivity contribution in [3.05, 3.63) is 36.0 Å². The molecule has 0 spiro atoms. The van der Waals surface area contributed by atoms with Crippen LogP contribution in [0.15, 0.2) is 30.5 Å². The Hall–Kier alpha value is -2.70. The highest BCUT2D eigenvalue weighted by Gasteiger charge is 2.17. The second-order valence-corrected chi connectivity index (χ2v) is 5.26. The van der Waals surface area contributed by atoms with E-state index < -0.39 is 0 Å². The Morgan fingerprint density at radius 3 is 2.55 bits per heavy atom. The van der Waals surface area contributed by atoms with Gasteiger partial charge in [0.25, 0.3) is 0 Å². The molecule has 1 amide bonds. The third kappa shape index (κ3) is 3.30. The van der Waals surface area contributed by atoms with Gasteiger partial charge < -0.3 is 15.1 Å². The number of aromatic nitrogens is 3. The first-order chi connectivity index (χ1) is 10.7. The lowest BCUT2D eigenvalue weighted by atomic mass is 10.2. The van der Waals surface area contributed by atoms with Gasteiger partial charge in [-0.2, -0.15) is 10.1 Å². The van der Waals surface area contributed by atoms with Crippen molar-refractivity contribution in [3.63, 3.8) is 0 Å². The van der Waals surface area contributed by atoms with Gasteiger partial charge in [0.15, 0.2) is 5.82 Å². The number of hydrogen-bond donors (Lipinski definition) is 1. The van der Waals surface area contributed by atoms with Gasteiger partial charge in [0.2, 0.25) is 12.4 Å². The molecule has 0 aliphatic carbocycles. The molecule has 0 bridgehead atoms. The number of anilines is 3. The van der Waals surface area contributed by atoms with Gasteiger partial charge in [0.05, 0.1) is 6.20 Å². The fraction of sp³-hybridized carbons (Fsp3) is 0.333. The molecule has 1 aliphatic rings. The SMILES string of the molecule is Cc1ccc(Nc2nncc(N3CCN(C=O)CC3)n2)cc1. The molecule has 1 aromatic carbocycles. The van der Waals surface area contributed by atoms with Crippen LogP contribution in [0.4, 0.5) is 17.5 Å². The zero-order valence-electron chi connectivity index (χ0n) is 12.4. The van der Waals surface area contributed by atoms with Crippen LogP contribution in [0.25, 0.3) is 0 Å². The summed E-state index contributed by atoms with van der Waals surface area (Å²) in [6, 6.07) is 8.01. The lowest BCUT2D eigenvalue weighted by Gasteiger charge is -2.33. The van der Waals surface area contributed by atoms with Gasteiger partial charge >= 0.3 is 0 Å². The molecule has 22 heavy (non-hydrogen) atoms. The number of benzene rings is 1. The average Bonchev–Trinajstić information content (AvgIpc) is 2.57. The summed E-state index contributed by atoms with van der Waals surface area (Å²) in [5.74, 6) is 1.24. The van der Waals surface area contributed by atoms with Crippen molar-refractivity contribution in [3.8, 4) is 0 Å². The van der Waals surface area contributed by atoms with Crippen LogP contribution in [-0.4, -0.2) is 52.7 Å². The van der Waals surface area contributed by atoms with Crippen LogP contribution in [0.1, 0.15) is 5.56 Å². The number of hydrogen-bond acceptors (Lipinski definition) is 6. The smallest absolute Gasteiger partial charge is 0.249 e. The van der Waals surface area contributed by atoms with Gasteiger partial charge in [-0.15, -0.1) is 5.10 Å². The zero-order chi connectivity index (χ0) is 15.4. The Morgan fingerprint density at radius 2 is 1.86 bits per heavy atom. The standard InChI is InChI=1S/C15H18N6O/c1-12-2-4-13(5-3-12)17-15-18-14(10-16-19-15)21-8-6-20(11-22)7-9-21/h2-5,10-11H,6-9H2,1H3,(H,17,18,19). The zero-order valence-corrected chi connectivity index (χ0v) is 12.4. The van der Waals surface area contributed by atoms with E-state index in [2.05, 4.69) is 25.4 Å². The van der Waals surface area contributed by atoms with Crippen molar-refractivity contribution in [2.75, 3.05) is 36.4 Å². The highest BCUT2D eigenvalue weighted by molar-refractivity contribution is 5.55. The fourth-order valence-corrected chi connectivity index (χ4v) is 2.32. The predicted molar refractivity (Wildman–Crippen MR) is 84.1 cm³/mol. The van der Waals surface area contributed by atoms with E-state index in [1.807, 2.05) is 31.2 Å². The summed E-state index contributed by atoms with van der Waals surface area (Å²) >= 11 is 0. The molecule has 114 valence electrons. The van der Waals surface area contributed by atoms with Gasteiger partial charge in [0.1, 0.15) is 0 Å². The lowest BCUT2D eigenvalue weighted by molar-refractivity contribution is -0.118. The number of aryl methyl sites for hydroxylation is 1. The van der Waals surface area contributed by atoms with Gasteiger partial charge in [0, 0.05) is 31.9 Å². The maximum atomic E-state index is 10.7. The Balaban J connectivity index is 1.70. The maximum Gasteiger partial charge on any atom is 0.249 e. The number of amides is 1. The molecule has 1 fully saturated rings. The molecule has 1 aliphatic heterocycles. The predicted octanol–water partition coefficient (Wildman–Crippen LogP) is 1.20. The molecule has 2 aromatic rings. The number of carbonyl (C=O) groups is 1. The highest BCUT2D eigenvalue weighted by Crippen LogP contribution is 2.17. The topological polar surface area (TPSA) is 74.2 Å². The Kier molecular flexibility index (Phi) is 4.13. The summed E-state index contributed by atoms with van der Waals surface area (Å²) in [5, 5.41) is 11.2. The quantitative estimate of drug-likeness (QED) is 0.855. The first kappa shape index (κ1) is 14.2. The van der Waals surface area contributed by atoms with Crippen molar-refractivity contribution in [1.29, 1.82) is 0 Å². The van der Waals surface area contributed by atoms with Crippen molar-refractivity contribution in [2.45, 2.75) is 6.92 Å². The Morgan fingerprint density at radius 1 is 1.14 bits per heavy atom. The van der Waals surface area contributed by atoms with Crippen molar-refractivity contribution < 1.29 is 4.79 Å². The molecule has 2 heterocycles. The minimum Gasteiger partial charge on any atom is -0.352 e. The van der Waals surface area contributed by atoms with E-state index in [0.29, 0.717) is 19.0 Å². The molecule has 7 heteroatoms. The first-order valence-corrected chi connectivity index (χ1v) is 7.22. The summed E-state index contributed by atoms with van der Waals surface area (Å²) in [4.78, 5) is 19.1. The molecule has 1 N–H and O–H groups in total. The summed E-state index contributed by atoms with van der Waals surface area (Å²) in [7, 11) is 0. The monoisotopic (exact) mass is 298 g/mol. The summed E-state index contributed by atoms with van der Waals surface area (Å²) in [6.07, 6.45) is 2.54. The highest BCUT2D eigenvalue weighted by atomic mass is 16.1. The van der Waals surface area contributed by atoms with Crippen LogP contribution >= 0.6 is 0 Å².